The summed E-state index contributed by atoms with van der Waals surface area (Å²) < 4.78 is 5.81. The number of ketones is 1. The highest BCUT2D eigenvalue weighted by atomic mass is 79.9. The third kappa shape index (κ3) is 4.63. The summed E-state index contributed by atoms with van der Waals surface area (Å²) in [4.78, 5) is 23.2. The molecule has 0 aliphatic carbocycles. The predicted molar refractivity (Wildman–Crippen MR) is 78.8 cm³/mol. The maximum Gasteiger partial charge on any atom is 0.341 e. The van der Waals surface area contributed by atoms with Gasteiger partial charge in [0.25, 0.3) is 0 Å². The van der Waals surface area contributed by atoms with Gasteiger partial charge in [0.05, 0.1) is 6.61 Å². The Morgan fingerprint density at radius 2 is 1.95 bits per heavy atom. The summed E-state index contributed by atoms with van der Waals surface area (Å²) in [6.45, 7) is 5.38. The van der Waals surface area contributed by atoms with Gasteiger partial charge in [-0.05, 0) is 49.6 Å². The van der Waals surface area contributed by atoms with E-state index in [0.717, 1.165) is 22.0 Å². The third-order valence-electron chi connectivity index (χ3n) is 2.57. The average Bonchev–Trinajstić information content (AvgIpc) is 2.35. The highest BCUT2D eigenvalue weighted by Gasteiger charge is 2.15. The van der Waals surface area contributed by atoms with E-state index < -0.39 is 5.97 Å². The number of hydrogen-bond donors (Lipinski definition) is 0. The smallest absolute Gasteiger partial charge is 0.341 e. The van der Waals surface area contributed by atoms with E-state index in [1.54, 1.807) is 13.0 Å². The second-order valence-corrected chi connectivity index (χ2v) is 5.00. The molecule has 0 unspecified atom stereocenters. The number of benzene rings is 1. The Bertz CT molecular complexity index is 518. The van der Waals surface area contributed by atoms with Gasteiger partial charge in [0, 0.05) is 4.47 Å². The number of ether oxygens (including phenoxy) is 1. The highest BCUT2D eigenvalue weighted by molar-refractivity contribution is 9.10. The summed E-state index contributed by atoms with van der Waals surface area (Å²) in [5.74, 6) is -0.871. The summed E-state index contributed by atoms with van der Waals surface area (Å²) in [5.41, 5.74) is 2.01. The molecule has 0 radical (unpaired) electrons. The van der Waals surface area contributed by atoms with Crippen molar-refractivity contribution in [2.45, 2.75) is 27.2 Å². The molecule has 4 heteroatoms. The zero-order valence-electron chi connectivity index (χ0n) is 11.3. The van der Waals surface area contributed by atoms with Crippen LogP contribution in [0.2, 0.25) is 0 Å². The molecule has 0 saturated heterocycles. The molecule has 0 fully saturated rings. The summed E-state index contributed by atoms with van der Waals surface area (Å²) >= 11 is 3.42. The number of carbonyl (C=O) groups is 2. The minimum atomic E-state index is -0.576. The van der Waals surface area contributed by atoms with Crippen molar-refractivity contribution in [3.8, 4) is 0 Å². The molecule has 0 aliphatic heterocycles. The topological polar surface area (TPSA) is 43.4 Å². The first-order chi connectivity index (χ1) is 8.97. The standard InChI is InChI=1S/C15H17BrO3/c1-4-11-6-12(8-13(16)7-11)9-14(10(3)17)15(18)19-5-2/h6-9H,4-5H2,1-3H3/b14-9+. The molecule has 1 rings (SSSR count). The van der Waals surface area contributed by atoms with Gasteiger partial charge in [-0.3, -0.25) is 4.79 Å². The molecule has 1 aromatic rings. The minimum absolute atomic E-state index is 0.0713. The molecule has 0 heterocycles. The van der Waals surface area contributed by atoms with Gasteiger partial charge in [0.1, 0.15) is 5.57 Å². The highest BCUT2D eigenvalue weighted by Crippen LogP contribution is 2.19. The van der Waals surface area contributed by atoms with E-state index in [4.69, 9.17) is 4.74 Å². The summed E-state index contributed by atoms with van der Waals surface area (Å²) in [6.07, 6.45) is 2.46. The number of hydrogen-bond acceptors (Lipinski definition) is 3. The largest absolute Gasteiger partial charge is 0.462 e. The van der Waals surface area contributed by atoms with E-state index in [2.05, 4.69) is 15.9 Å². The number of halogens is 1. The Morgan fingerprint density at radius 1 is 1.26 bits per heavy atom. The first-order valence-electron chi connectivity index (χ1n) is 6.17. The van der Waals surface area contributed by atoms with E-state index >= 15 is 0 Å². The van der Waals surface area contributed by atoms with Crippen molar-refractivity contribution in [1.29, 1.82) is 0 Å². The van der Waals surface area contributed by atoms with E-state index in [0.29, 0.717) is 0 Å². The van der Waals surface area contributed by atoms with Gasteiger partial charge in [-0.25, -0.2) is 4.79 Å². The molecule has 0 N–H and O–H groups in total. The van der Waals surface area contributed by atoms with Crippen LogP contribution >= 0.6 is 15.9 Å². The van der Waals surface area contributed by atoms with Gasteiger partial charge >= 0.3 is 5.97 Å². The first-order valence-corrected chi connectivity index (χ1v) is 6.96. The number of aryl methyl sites for hydroxylation is 1. The molecule has 0 amide bonds. The predicted octanol–water partition coefficient (Wildman–Crippen LogP) is 3.55. The van der Waals surface area contributed by atoms with Crippen molar-refractivity contribution in [3.05, 3.63) is 39.4 Å². The molecule has 19 heavy (non-hydrogen) atoms. The van der Waals surface area contributed by atoms with Crippen LogP contribution in [0.5, 0.6) is 0 Å². The molecular formula is C15H17BrO3. The SMILES string of the molecule is CCOC(=O)/C(=C/c1cc(Br)cc(CC)c1)C(C)=O. The van der Waals surface area contributed by atoms with Gasteiger partial charge < -0.3 is 4.74 Å². The van der Waals surface area contributed by atoms with Gasteiger partial charge in [-0.2, -0.15) is 0 Å². The molecular weight excluding hydrogens is 308 g/mol. The van der Waals surface area contributed by atoms with E-state index in [1.165, 1.54) is 6.92 Å². The average molecular weight is 325 g/mol. The molecule has 0 spiro atoms. The van der Waals surface area contributed by atoms with Crippen LogP contribution in [0.25, 0.3) is 6.08 Å². The molecule has 0 bridgehead atoms. The van der Waals surface area contributed by atoms with Crippen LogP contribution in [0.1, 0.15) is 31.9 Å². The van der Waals surface area contributed by atoms with Crippen LogP contribution < -0.4 is 0 Å². The summed E-state index contributed by atoms with van der Waals surface area (Å²) in [5, 5.41) is 0. The lowest BCUT2D eigenvalue weighted by Crippen LogP contribution is -2.13. The fourth-order valence-corrected chi connectivity index (χ4v) is 2.20. The third-order valence-corrected chi connectivity index (χ3v) is 3.03. The van der Waals surface area contributed by atoms with Crippen LogP contribution in [0.3, 0.4) is 0 Å². The number of carbonyl (C=O) groups excluding carboxylic acids is 2. The molecule has 0 aromatic heterocycles. The van der Waals surface area contributed by atoms with E-state index in [9.17, 15) is 9.59 Å². The van der Waals surface area contributed by atoms with Gasteiger partial charge in [-0.15, -0.1) is 0 Å². The zero-order chi connectivity index (χ0) is 14.4. The zero-order valence-corrected chi connectivity index (χ0v) is 12.9. The maximum absolute atomic E-state index is 11.7. The van der Waals surface area contributed by atoms with Crippen molar-refractivity contribution < 1.29 is 14.3 Å². The number of esters is 1. The van der Waals surface area contributed by atoms with Crippen molar-refractivity contribution >= 4 is 33.8 Å². The van der Waals surface area contributed by atoms with Crippen LogP contribution in [0.15, 0.2) is 28.2 Å². The van der Waals surface area contributed by atoms with Crippen molar-refractivity contribution in [2.24, 2.45) is 0 Å². The minimum Gasteiger partial charge on any atom is -0.462 e. The molecule has 0 saturated carbocycles. The lowest BCUT2D eigenvalue weighted by molar-refractivity contribution is -0.139. The molecule has 0 aliphatic rings. The Hall–Kier alpha value is -1.42. The van der Waals surface area contributed by atoms with Crippen LogP contribution in [0, 0.1) is 0 Å². The quantitative estimate of drug-likeness (QED) is 0.360. The van der Waals surface area contributed by atoms with Crippen LogP contribution in [-0.2, 0) is 20.7 Å². The number of rotatable bonds is 5. The van der Waals surface area contributed by atoms with Crippen molar-refractivity contribution in [2.75, 3.05) is 6.61 Å². The first kappa shape index (κ1) is 15.6. The van der Waals surface area contributed by atoms with E-state index in [1.807, 2.05) is 25.1 Å². The second-order valence-electron chi connectivity index (χ2n) is 4.08. The van der Waals surface area contributed by atoms with E-state index in [-0.39, 0.29) is 18.0 Å². The maximum atomic E-state index is 11.7. The fraction of sp³-hybridized carbons (Fsp3) is 0.333. The molecule has 102 valence electrons. The lowest BCUT2D eigenvalue weighted by Gasteiger charge is -2.05. The van der Waals surface area contributed by atoms with Gasteiger partial charge in [-0.1, -0.05) is 28.9 Å². The van der Waals surface area contributed by atoms with Crippen LogP contribution in [-0.4, -0.2) is 18.4 Å². The lowest BCUT2D eigenvalue weighted by atomic mass is 10.0. The van der Waals surface area contributed by atoms with Crippen molar-refractivity contribution in [1.82, 2.24) is 0 Å². The molecule has 0 atom stereocenters. The second kappa shape index (κ2) is 7.24. The Balaban J connectivity index is 3.18. The van der Waals surface area contributed by atoms with Gasteiger partial charge in [0.15, 0.2) is 5.78 Å². The Labute approximate surface area is 121 Å². The number of Topliss-reactive ketones (excluding diaryl/α,β-unsaturated/α-hetero) is 1. The monoisotopic (exact) mass is 324 g/mol. The Morgan fingerprint density at radius 3 is 2.47 bits per heavy atom. The van der Waals surface area contributed by atoms with Gasteiger partial charge in [0.2, 0.25) is 0 Å². The summed E-state index contributed by atoms with van der Waals surface area (Å²) in [6, 6.07) is 5.82. The van der Waals surface area contributed by atoms with Crippen LogP contribution in [0.4, 0.5) is 0 Å². The van der Waals surface area contributed by atoms with Crippen molar-refractivity contribution in [3.63, 3.8) is 0 Å². The summed E-state index contributed by atoms with van der Waals surface area (Å²) in [7, 11) is 0. The molecule has 1 aromatic carbocycles. The fourth-order valence-electron chi connectivity index (χ4n) is 1.64. The molecule has 3 nitrogen and oxygen atoms in total. The Kier molecular flexibility index (Phi) is 5.96. The normalized spacial score (nSPS) is 11.3.